The summed E-state index contributed by atoms with van der Waals surface area (Å²) in [6.07, 6.45) is 1.95. The zero-order chi connectivity index (χ0) is 15.0. The molecule has 1 aromatic carbocycles. The van der Waals surface area contributed by atoms with Gasteiger partial charge in [-0.25, -0.2) is 4.39 Å². The molecule has 1 saturated carbocycles. The van der Waals surface area contributed by atoms with E-state index in [2.05, 4.69) is 5.32 Å². The molecule has 0 saturated heterocycles. The highest BCUT2D eigenvalue weighted by atomic mass is 19.1. The number of benzene rings is 1. The van der Waals surface area contributed by atoms with Crippen LogP contribution in [0.3, 0.4) is 0 Å². The van der Waals surface area contributed by atoms with Crippen LogP contribution in [0.25, 0.3) is 0 Å². The maximum absolute atomic E-state index is 13.3. The number of amides is 1. The second kappa shape index (κ2) is 5.17. The van der Waals surface area contributed by atoms with Gasteiger partial charge in [-0.3, -0.25) is 4.79 Å². The number of hydrogen-bond acceptors (Lipinski definition) is 2. The molecule has 0 aliphatic heterocycles. The summed E-state index contributed by atoms with van der Waals surface area (Å²) in [4.78, 5) is 12.1. The van der Waals surface area contributed by atoms with Crippen LogP contribution >= 0.6 is 0 Å². The van der Waals surface area contributed by atoms with Crippen molar-refractivity contribution in [2.75, 3.05) is 6.54 Å². The number of rotatable bonds is 4. The molecule has 1 aromatic rings. The lowest BCUT2D eigenvalue weighted by molar-refractivity contribution is -0.124. The van der Waals surface area contributed by atoms with Crippen LogP contribution in [0, 0.1) is 11.2 Å². The molecule has 1 aliphatic rings. The van der Waals surface area contributed by atoms with Crippen molar-refractivity contribution in [3.63, 3.8) is 0 Å². The molecule has 1 amide bonds. The quantitative estimate of drug-likeness (QED) is 0.888. The minimum atomic E-state index is -0.536. The third-order valence-corrected chi connectivity index (χ3v) is 4.11. The van der Waals surface area contributed by atoms with Crippen molar-refractivity contribution >= 4 is 5.91 Å². The van der Waals surface area contributed by atoms with Crippen molar-refractivity contribution < 1.29 is 9.18 Å². The highest BCUT2D eigenvalue weighted by Gasteiger charge is 2.45. The summed E-state index contributed by atoms with van der Waals surface area (Å²) >= 11 is 0. The molecule has 4 heteroatoms. The van der Waals surface area contributed by atoms with E-state index in [0.29, 0.717) is 6.54 Å². The molecule has 3 N–H and O–H groups in total. The largest absolute Gasteiger partial charge is 0.354 e. The van der Waals surface area contributed by atoms with Crippen LogP contribution in [-0.4, -0.2) is 18.5 Å². The van der Waals surface area contributed by atoms with E-state index >= 15 is 0 Å². The molecule has 1 atom stereocenters. The molecule has 0 aromatic heterocycles. The predicted molar refractivity (Wildman–Crippen MR) is 77.8 cm³/mol. The van der Waals surface area contributed by atoms with Crippen molar-refractivity contribution in [3.05, 3.63) is 35.6 Å². The average molecular weight is 278 g/mol. The van der Waals surface area contributed by atoms with Crippen molar-refractivity contribution in [2.45, 2.75) is 45.1 Å². The van der Waals surface area contributed by atoms with Crippen molar-refractivity contribution in [2.24, 2.45) is 11.1 Å². The average Bonchev–Trinajstić information content (AvgIpc) is 3.15. The summed E-state index contributed by atoms with van der Waals surface area (Å²) in [7, 11) is 0. The zero-order valence-electron chi connectivity index (χ0n) is 12.4. The maximum Gasteiger partial charge on any atom is 0.237 e. The van der Waals surface area contributed by atoms with E-state index in [1.165, 1.54) is 6.07 Å². The number of nitrogens with two attached hydrogens (primary N) is 1. The molecule has 0 radical (unpaired) electrons. The van der Waals surface area contributed by atoms with Gasteiger partial charge in [-0.2, -0.15) is 0 Å². The van der Waals surface area contributed by atoms with E-state index in [1.54, 1.807) is 12.1 Å². The van der Waals surface area contributed by atoms with Gasteiger partial charge in [0.25, 0.3) is 0 Å². The lowest BCUT2D eigenvalue weighted by atomic mass is 9.86. The molecule has 1 fully saturated rings. The topological polar surface area (TPSA) is 55.1 Å². The Hall–Kier alpha value is -1.42. The van der Waals surface area contributed by atoms with Gasteiger partial charge in [0.05, 0.1) is 6.04 Å². The first-order valence-corrected chi connectivity index (χ1v) is 7.04. The smallest absolute Gasteiger partial charge is 0.237 e. The molecule has 0 bridgehead atoms. The SMILES string of the molecule is CC(C)(C)[C@H](N)C(=O)NCC1(c2cccc(F)c2)CC1. The van der Waals surface area contributed by atoms with Gasteiger partial charge in [-0.15, -0.1) is 0 Å². The van der Waals surface area contributed by atoms with Crippen LogP contribution < -0.4 is 11.1 Å². The highest BCUT2D eigenvalue weighted by molar-refractivity contribution is 5.82. The van der Waals surface area contributed by atoms with Gasteiger partial charge >= 0.3 is 0 Å². The Kier molecular flexibility index (Phi) is 3.87. The standard InChI is InChI=1S/C16H23FN2O/c1-15(2,3)13(18)14(20)19-10-16(7-8-16)11-5-4-6-12(17)9-11/h4-6,9,13H,7-8,10,18H2,1-3H3,(H,19,20)/t13-/m1/s1. The van der Waals surface area contributed by atoms with E-state index in [1.807, 2.05) is 26.8 Å². The first-order valence-electron chi connectivity index (χ1n) is 7.04. The van der Waals surface area contributed by atoms with E-state index in [-0.39, 0.29) is 22.6 Å². The molecule has 0 spiro atoms. The van der Waals surface area contributed by atoms with Gasteiger partial charge in [0, 0.05) is 12.0 Å². The summed E-state index contributed by atoms with van der Waals surface area (Å²) in [5, 5.41) is 2.92. The van der Waals surface area contributed by atoms with Crippen LogP contribution in [0.1, 0.15) is 39.2 Å². The number of halogens is 1. The fourth-order valence-corrected chi connectivity index (χ4v) is 2.30. The van der Waals surface area contributed by atoms with Crippen molar-refractivity contribution in [1.29, 1.82) is 0 Å². The fourth-order valence-electron chi connectivity index (χ4n) is 2.30. The third-order valence-electron chi connectivity index (χ3n) is 4.11. The lowest BCUT2D eigenvalue weighted by Crippen LogP contribution is -2.50. The normalized spacial score (nSPS) is 18.4. The molecule has 110 valence electrons. The van der Waals surface area contributed by atoms with Crippen molar-refractivity contribution in [3.8, 4) is 0 Å². The Labute approximate surface area is 119 Å². The molecule has 0 unspecified atom stereocenters. The first-order chi connectivity index (χ1) is 9.24. The molecule has 3 nitrogen and oxygen atoms in total. The Morgan fingerprint density at radius 3 is 2.60 bits per heavy atom. The molecular formula is C16H23FN2O. The predicted octanol–water partition coefficient (Wildman–Crippen LogP) is 2.35. The van der Waals surface area contributed by atoms with Crippen LogP contribution in [0.2, 0.25) is 0 Å². The monoisotopic (exact) mass is 278 g/mol. The molecule has 1 aliphatic carbocycles. The molecule has 2 rings (SSSR count). The van der Waals surface area contributed by atoms with E-state index in [4.69, 9.17) is 5.73 Å². The van der Waals surface area contributed by atoms with E-state index in [0.717, 1.165) is 18.4 Å². The number of carbonyl (C=O) groups is 1. The summed E-state index contributed by atoms with van der Waals surface area (Å²) in [6.45, 7) is 6.35. The van der Waals surface area contributed by atoms with Gasteiger partial charge in [0.1, 0.15) is 5.82 Å². The Morgan fingerprint density at radius 1 is 1.45 bits per heavy atom. The maximum atomic E-state index is 13.3. The van der Waals surface area contributed by atoms with Gasteiger partial charge < -0.3 is 11.1 Å². The Morgan fingerprint density at radius 2 is 2.10 bits per heavy atom. The van der Waals surface area contributed by atoms with Crippen LogP contribution in [0.4, 0.5) is 4.39 Å². The minimum Gasteiger partial charge on any atom is -0.354 e. The van der Waals surface area contributed by atoms with Gasteiger partial charge in [-0.05, 0) is 36.0 Å². The Bertz CT molecular complexity index is 503. The summed E-state index contributed by atoms with van der Waals surface area (Å²) < 4.78 is 13.3. The number of hydrogen-bond donors (Lipinski definition) is 2. The van der Waals surface area contributed by atoms with E-state index in [9.17, 15) is 9.18 Å². The number of nitrogens with one attached hydrogen (secondary N) is 1. The zero-order valence-corrected chi connectivity index (χ0v) is 12.4. The van der Waals surface area contributed by atoms with Gasteiger partial charge in [0.2, 0.25) is 5.91 Å². The molecule has 0 heterocycles. The number of carbonyl (C=O) groups excluding carboxylic acids is 1. The Balaban J connectivity index is 1.99. The van der Waals surface area contributed by atoms with Gasteiger partial charge in [-0.1, -0.05) is 32.9 Å². The van der Waals surface area contributed by atoms with Crippen LogP contribution in [-0.2, 0) is 10.2 Å². The summed E-state index contributed by atoms with van der Waals surface area (Å²) in [5.74, 6) is -0.369. The minimum absolute atomic E-state index is 0.102. The third kappa shape index (κ3) is 3.18. The van der Waals surface area contributed by atoms with Crippen LogP contribution in [0.5, 0.6) is 0 Å². The second-order valence-corrected chi connectivity index (χ2v) is 6.85. The first kappa shape index (κ1) is 15.0. The van der Waals surface area contributed by atoms with Crippen LogP contribution in [0.15, 0.2) is 24.3 Å². The highest BCUT2D eigenvalue weighted by Crippen LogP contribution is 2.47. The lowest BCUT2D eigenvalue weighted by Gasteiger charge is -2.27. The summed E-state index contributed by atoms with van der Waals surface area (Å²) in [6, 6.07) is 6.10. The fraction of sp³-hybridized carbons (Fsp3) is 0.562. The van der Waals surface area contributed by atoms with E-state index < -0.39 is 6.04 Å². The molecular weight excluding hydrogens is 255 g/mol. The second-order valence-electron chi connectivity index (χ2n) is 6.85. The van der Waals surface area contributed by atoms with Gasteiger partial charge in [0.15, 0.2) is 0 Å². The summed E-state index contributed by atoms with van der Waals surface area (Å²) in [5.41, 5.74) is 6.53. The van der Waals surface area contributed by atoms with Crippen molar-refractivity contribution in [1.82, 2.24) is 5.32 Å². The molecule has 20 heavy (non-hydrogen) atoms.